The van der Waals surface area contributed by atoms with Crippen LogP contribution in [-0.4, -0.2) is 47.4 Å². The maximum absolute atomic E-state index is 12.5. The normalized spacial score (nSPS) is 12.7. The molecule has 0 radical (unpaired) electrons. The summed E-state index contributed by atoms with van der Waals surface area (Å²) in [5.74, 6) is -0.0560. The van der Waals surface area contributed by atoms with E-state index in [4.69, 9.17) is 4.74 Å². The number of aliphatic hydroxyl groups excluding tert-OH is 2. The van der Waals surface area contributed by atoms with E-state index < -0.39 is 12.1 Å². The van der Waals surface area contributed by atoms with Crippen molar-refractivity contribution in [3.63, 3.8) is 0 Å². The minimum atomic E-state index is -0.848. The van der Waals surface area contributed by atoms with Gasteiger partial charge in [0.15, 0.2) is 0 Å². The van der Waals surface area contributed by atoms with Crippen LogP contribution in [0.3, 0.4) is 0 Å². The van der Waals surface area contributed by atoms with Gasteiger partial charge < -0.3 is 20.3 Å². The predicted molar refractivity (Wildman–Crippen MR) is 366 cm³/mol. The van der Waals surface area contributed by atoms with E-state index >= 15 is 0 Å². The first kappa shape index (κ1) is 81.1. The van der Waals surface area contributed by atoms with Gasteiger partial charge in [0.2, 0.25) is 5.91 Å². The fourth-order valence-electron chi connectivity index (χ4n) is 11.9. The molecular weight excluding hydrogens is 1020 g/mol. The Kier molecular flexibility index (Phi) is 70.9. The Hall–Kier alpha value is -1.92. The summed E-state index contributed by atoms with van der Waals surface area (Å²) >= 11 is 0. The number of unbranched alkanes of at least 4 members (excludes halogenated alkanes) is 56. The van der Waals surface area contributed by atoms with Crippen molar-refractivity contribution in [2.45, 2.75) is 431 Å². The van der Waals surface area contributed by atoms with Gasteiger partial charge in [-0.1, -0.05) is 359 Å². The maximum atomic E-state index is 12.5. The van der Waals surface area contributed by atoms with Gasteiger partial charge in [-0.05, 0) is 83.5 Å². The minimum absolute atomic E-state index is 0.0109. The van der Waals surface area contributed by atoms with E-state index in [2.05, 4.69) is 43.5 Å². The first-order chi connectivity index (χ1) is 41.0. The van der Waals surface area contributed by atoms with Crippen molar-refractivity contribution in [3.05, 3.63) is 36.5 Å². The summed E-state index contributed by atoms with van der Waals surface area (Å²) in [6.45, 7) is 4.94. The lowest BCUT2D eigenvalue weighted by molar-refractivity contribution is -0.143. The smallest absolute Gasteiger partial charge is 0.305 e. The van der Waals surface area contributed by atoms with Crippen LogP contribution >= 0.6 is 0 Å². The van der Waals surface area contributed by atoms with Crippen LogP contribution in [0.1, 0.15) is 418 Å². The molecule has 2 unspecified atom stereocenters. The summed E-state index contributed by atoms with van der Waals surface area (Å²) < 4.78 is 5.51. The molecular formula is C77H147NO5. The van der Waals surface area contributed by atoms with E-state index in [-0.39, 0.29) is 18.5 Å². The lowest BCUT2D eigenvalue weighted by Crippen LogP contribution is -2.45. The molecule has 0 aliphatic rings. The van der Waals surface area contributed by atoms with Gasteiger partial charge in [-0.25, -0.2) is 0 Å². The predicted octanol–water partition coefficient (Wildman–Crippen LogP) is 24.7. The van der Waals surface area contributed by atoms with Crippen molar-refractivity contribution in [2.75, 3.05) is 13.2 Å². The molecule has 0 spiro atoms. The molecule has 0 rings (SSSR count). The van der Waals surface area contributed by atoms with Gasteiger partial charge in [-0.3, -0.25) is 9.59 Å². The summed E-state index contributed by atoms with van der Waals surface area (Å²) in [4.78, 5) is 24.7. The third-order valence-corrected chi connectivity index (χ3v) is 17.6. The number of esters is 1. The molecule has 0 saturated carbocycles. The molecule has 0 aliphatic heterocycles. The Morgan fingerprint density at radius 2 is 0.566 bits per heavy atom. The van der Waals surface area contributed by atoms with Gasteiger partial charge in [0, 0.05) is 12.8 Å². The molecule has 0 bridgehead atoms. The molecule has 0 saturated heterocycles. The number of amides is 1. The average Bonchev–Trinajstić information content (AvgIpc) is 3.49. The van der Waals surface area contributed by atoms with Crippen molar-refractivity contribution >= 4 is 11.9 Å². The van der Waals surface area contributed by atoms with Crippen LogP contribution in [0.2, 0.25) is 0 Å². The number of allylic oxidation sites excluding steroid dienone is 5. The Morgan fingerprint density at radius 3 is 0.855 bits per heavy atom. The molecule has 490 valence electrons. The second-order valence-electron chi connectivity index (χ2n) is 26.0. The fourth-order valence-corrected chi connectivity index (χ4v) is 11.9. The van der Waals surface area contributed by atoms with Crippen LogP contribution in [0.4, 0.5) is 0 Å². The number of carbonyl (C=O) groups excluding carboxylic acids is 2. The zero-order chi connectivity index (χ0) is 59.9. The monoisotopic (exact) mass is 1170 g/mol. The summed E-state index contributed by atoms with van der Waals surface area (Å²) in [6, 6.07) is -0.632. The number of hydrogen-bond acceptors (Lipinski definition) is 5. The van der Waals surface area contributed by atoms with E-state index in [0.29, 0.717) is 19.4 Å². The number of carbonyl (C=O) groups is 2. The van der Waals surface area contributed by atoms with Crippen LogP contribution in [0.5, 0.6) is 0 Å². The zero-order valence-electron chi connectivity index (χ0n) is 56.2. The highest BCUT2D eigenvalue weighted by Crippen LogP contribution is 2.19. The highest BCUT2D eigenvalue weighted by atomic mass is 16.5. The number of rotatable bonds is 71. The van der Waals surface area contributed by atoms with Gasteiger partial charge in [-0.2, -0.15) is 0 Å². The van der Waals surface area contributed by atoms with Crippen molar-refractivity contribution < 1.29 is 24.5 Å². The first-order valence-electron chi connectivity index (χ1n) is 37.8. The quantitative estimate of drug-likeness (QED) is 0.0320. The number of aliphatic hydroxyl groups is 2. The first-order valence-corrected chi connectivity index (χ1v) is 37.8. The number of ether oxygens (including phenoxy) is 1. The highest BCUT2D eigenvalue weighted by molar-refractivity contribution is 5.76. The van der Waals surface area contributed by atoms with Crippen molar-refractivity contribution in [1.29, 1.82) is 0 Å². The molecule has 6 heteroatoms. The molecule has 0 aromatic carbocycles. The molecule has 1 amide bonds. The van der Waals surface area contributed by atoms with E-state index in [1.165, 1.54) is 347 Å². The van der Waals surface area contributed by atoms with Crippen LogP contribution in [0.25, 0.3) is 0 Å². The molecule has 83 heavy (non-hydrogen) atoms. The Labute approximate surface area is 519 Å². The Morgan fingerprint density at radius 1 is 0.325 bits per heavy atom. The second kappa shape index (κ2) is 72.6. The zero-order valence-corrected chi connectivity index (χ0v) is 56.2. The van der Waals surface area contributed by atoms with Crippen molar-refractivity contribution in [1.82, 2.24) is 5.32 Å². The molecule has 0 heterocycles. The van der Waals surface area contributed by atoms with Crippen LogP contribution < -0.4 is 5.32 Å². The van der Waals surface area contributed by atoms with Crippen LogP contribution in [-0.2, 0) is 14.3 Å². The molecule has 0 aromatic heterocycles. The minimum Gasteiger partial charge on any atom is -0.466 e. The SMILES string of the molecule is CCCCCCCCC/C=C\CCCCCCCCCC(=O)OCCCCCCCCCCCCCC/C=C\CCCCCCCCCCCC(=O)NC(CO)C(O)/C=C/CCCCCCCCCCCCCCCCCCCCCCC. The van der Waals surface area contributed by atoms with Gasteiger partial charge in [-0.15, -0.1) is 0 Å². The van der Waals surface area contributed by atoms with Gasteiger partial charge in [0.05, 0.1) is 25.4 Å². The molecule has 0 fully saturated rings. The van der Waals surface area contributed by atoms with Gasteiger partial charge in [0.1, 0.15) is 0 Å². The van der Waals surface area contributed by atoms with Gasteiger partial charge in [0.25, 0.3) is 0 Å². The summed E-state index contributed by atoms with van der Waals surface area (Å²) in [6.07, 6.45) is 93.8. The Balaban J connectivity index is 3.41. The topological polar surface area (TPSA) is 95.9 Å². The molecule has 0 aromatic rings. The molecule has 0 aliphatic carbocycles. The molecule has 6 nitrogen and oxygen atoms in total. The molecule has 2 atom stereocenters. The standard InChI is InChI=1S/C77H147NO5/c1-3-5-7-9-11-13-15-17-19-21-23-24-28-31-34-37-41-45-49-53-57-61-65-69-75(80)74(73-79)78-76(81)70-66-62-58-54-50-46-42-38-35-32-29-26-25-27-30-33-36-40-44-48-52-56-60-64-68-72-83-77(82)71-67-63-59-55-51-47-43-39-22-20-18-16-14-12-10-8-6-4-2/h20,22,26,29,65,69,74-75,79-80H,3-19,21,23-25,27-28,30-64,66-68,70-73H2,1-2H3,(H,78,81)/b22-20-,29-26-,69-65+. The Bertz CT molecular complexity index is 1340. The van der Waals surface area contributed by atoms with Gasteiger partial charge >= 0.3 is 5.97 Å². The third-order valence-electron chi connectivity index (χ3n) is 17.6. The van der Waals surface area contributed by atoms with Crippen LogP contribution in [0, 0.1) is 0 Å². The average molecular weight is 1170 g/mol. The second-order valence-corrected chi connectivity index (χ2v) is 26.0. The maximum Gasteiger partial charge on any atom is 0.305 e. The fraction of sp³-hybridized carbons (Fsp3) is 0.896. The molecule has 3 N–H and O–H groups in total. The number of hydrogen-bond donors (Lipinski definition) is 3. The van der Waals surface area contributed by atoms with E-state index in [1.54, 1.807) is 6.08 Å². The van der Waals surface area contributed by atoms with Crippen LogP contribution in [0.15, 0.2) is 36.5 Å². The van der Waals surface area contributed by atoms with E-state index in [1.807, 2.05) is 6.08 Å². The number of nitrogens with one attached hydrogen (secondary N) is 1. The van der Waals surface area contributed by atoms with E-state index in [9.17, 15) is 19.8 Å². The summed E-state index contributed by atoms with van der Waals surface area (Å²) in [5, 5.41) is 23.3. The van der Waals surface area contributed by atoms with E-state index in [0.717, 1.165) is 44.9 Å². The summed E-state index contributed by atoms with van der Waals surface area (Å²) in [5.41, 5.74) is 0. The van der Waals surface area contributed by atoms with Crippen molar-refractivity contribution in [2.24, 2.45) is 0 Å². The third kappa shape index (κ3) is 69.1. The highest BCUT2D eigenvalue weighted by Gasteiger charge is 2.18. The van der Waals surface area contributed by atoms with Crippen molar-refractivity contribution in [3.8, 4) is 0 Å². The largest absolute Gasteiger partial charge is 0.466 e. The summed E-state index contributed by atoms with van der Waals surface area (Å²) in [7, 11) is 0. The lowest BCUT2D eigenvalue weighted by atomic mass is 10.0. The lowest BCUT2D eigenvalue weighted by Gasteiger charge is -2.20.